The Morgan fingerprint density at radius 2 is 2.19 bits per heavy atom. The highest BCUT2D eigenvalue weighted by atomic mass is 19.1. The molecule has 2 rings (SSSR count). The molecule has 1 aliphatic rings. The van der Waals surface area contributed by atoms with Gasteiger partial charge in [0.2, 0.25) is 0 Å². The van der Waals surface area contributed by atoms with Crippen LogP contribution in [0.2, 0.25) is 0 Å². The van der Waals surface area contributed by atoms with Gasteiger partial charge in [-0.25, -0.2) is 4.39 Å². The second-order valence-electron chi connectivity index (χ2n) is 4.33. The molecule has 0 amide bonds. The third-order valence-corrected chi connectivity index (χ3v) is 3.08. The lowest BCUT2D eigenvalue weighted by Gasteiger charge is -2.24. The highest BCUT2D eigenvalue weighted by Gasteiger charge is 2.18. The van der Waals surface area contributed by atoms with Gasteiger partial charge in [-0.1, -0.05) is 0 Å². The normalized spacial score (nSPS) is 19.6. The first-order valence-electron chi connectivity index (χ1n) is 5.69. The second-order valence-corrected chi connectivity index (χ2v) is 4.33. The molecule has 0 saturated carbocycles. The molecule has 1 saturated heterocycles. The van der Waals surface area contributed by atoms with E-state index in [0.717, 1.165) is 38.0 Å². The molecule has 0 aliphatic carbocycles. The lowest BCUT2D eigenvalue weighted by Crippen LogP contribution is -2.21. The van der Waals surface area contributed by atoms with Crippen molar-refractivity contribution in [3.05, 3.63) is 29.8 Å². The van der Waals surface area contributed by atoms with E-state index in [0.29, 0.717) is 5.92 Å². The molecule has 1 aromatic heterocycles. The maximum Gasteiger partial charge on any atom is 0.141 e. The topological polar surface area (TPSA) is 48.1 Å². The van der Waals surface area contributed by atoms with Gasteiger partial charge in [-0.05, 0) is 36.8 Å². The van der Waals surface area contributed by atoms with E-state index < -0.39 is 0 Å². The van der Waals surface area contributed by atoms with Gasteiger partial charge in [-0.2, -0.15) is 0 Å². The number of aromatic nitrogens is 1. The second kappa shape index (κ2) is 5.37. The van der Waals surface area contributed by atoms with Crippen molar-refractivity contribution in [2.24, 2.45) is 11.7 Å². The average molecular weight is 224 g/mol. The quantitative estimate of drug-likeness (QED) is 0.854. The summed E-state index contributed by atoms with van der Waals surface area (Å²) >= 11 is 0. The first-order valence-corrected chi connectivity index (χ1v) is 5.69. The molecule has 16 heavy (non-hydrogen) atoms. The smallest absolute Gasteiger partial charge is 0.141 e. The van der Waals surface area contributed by atoms with Crippen LogP contribution in [0.5, 0.6) is 0 Å². The van der Waals surface area contributed by atoms with Crippen LogP contribution < -0.4 is 5.73 Å². The highest BCUT2D eigenvalue weighted by molar-refractivity contribution is 5.14. The Hall–Kier alpha value is -1.00. The number of nitrogens with zero attached hydrogens (tertiary/aromatic N) is 1. The van der Waals surface area contributed by atoms with Gasteiger partial charge in [0, 0.05) is 25.5 Å². The van der Waals surface area contributed by atoms with Crippen molar-refractivity contribution >= 4 is 0 Å². The minimum atomic E-state index is -0.320. The van der Waals surface area contributed by atoms with Gasteiger partial charge in [0.1, 0.15) is 5.82 Å². The predicted octanol–water partition coefficient (Wildman–Crippen LogP) is 2.04. The SMILES string of the molecule is NC(CC1CCOCC1)c1cncc(F)c1. The Morgan fingerprint density at radius 1 is 1.44 bits per heavy atom. The molecule has 88 valence electrons. The van der Waals surface area contributed by atoms with Gasteiger partial charge in [0.25, 0.3) is 0 Å². The summed E-state index contributed by atoms with van der Waals surface area (Å²) in [5, 5.41) is 0. The number of pyridine rings is 1. The number of hydrogen-bond donors (Lipinski definition) is 1. The van der Waals surface area contributed by atoms with E-state index in [1.54, 1.807) is 6.20 Å². The Kier molecular flexibility index (Phi) is 3.85. The van der Waals surface area contributed by atoms with Crippen LogP contribution in [0.25, 0.3) is 0 Å². The number of nitrogens with two attached hydrogens (primary N) is 1. The molecular weight excluding hydrogens is 207 g/mol. The average Bonchev–Trinajstić information content (AvgIpc) is 2.30. The summed E-state index contributed by atoms with van der Waals surface area (Å²) in [5.41, 5.74) is 6.83. The van der Waals surface area contributed by atoms with Gasteiger partial charge in [-0.15, -0.1) is 0 Å². The number of hydrogen-bond acceptors (Lipinski definition) is 3. The molecule has 0 aromatic carbocycles. The van der Waals surface area contributed by atoms with E-state index in [-0.39, 0.29) is 11.9 Å². The summed E-state index contributed by atoms with van der Waals surface area (Å²) in [5.74, 6) is 0.270. The number of rotatable bonds is 3. The van der Waals surface area contributed by atoms with Gasteiger partial charge in [0.05, 0.1) is 6.20 Å². The Balaban J connectivity index is 1.94. The first-order chi connectivity index (χ1) is 7.75. The number of halogens is 1. The van der Waals surface area contributed by atoms with E-state index >= 15 is 0 Å². The van der Waals surface area contributed by atoms with Crippen LogP contribution in [0.15, 0.2) is 18.5 Å². The molecule has 1 atom stereocenters. The minimum absolute atomic E-state index is 0.119. The Morgan fingerprint density at radius 3 is 2.88 bits per heavy atom. The van der Waals surface area contributed by atoms with Crippen LogP contribution in [0.4, 0.5) is 4.39 Å². The zero-order valence-corrected chi connectivity index (χ0v) is 9.23. The van der Waals surface area contributed by atoms with Crippen LogP contribution >= 0.6 is 0 Å². The molecule has 2 N–H and O–H groups in total. The van der Waals surface area contributed by atoms with Crippen molar-refractivity contribution in [2.75, 3.05) is 13.2 Å². The van der Waals surface area contributed by atoms with Crippen LogP contribution in [-0.4, -0.2) is 18.2 Å². The van der Waals surface area contributed by atoms with Crippen LogP contribution in [0, 0.1) is 11.7 Å². The monoisotopic (exact) mass is 224 g/mol. The molecule has 0 bridgehead atoms. The van der Waals surface area contributed by atoms with E-state index in [1.807, 2.05) is 0 Å². The summed E-state index contributed by atoms with van der Waals surface area (Å²) in [6.07, 6.45) is 5.83. The Bertz CT molecular complexity index is 340. The predicted molar refractivity (Wildman–Crippen MR) is 59.3 cm³/mol. The van der Waals surface area contributed by atoms with Crippen molar-refractivity contribution in [2.45, 2.75) is 25.3 Å². The molecule has 3 nitrogen and oxygen atoms in total. The zero-order valence-electron chi connectivity index (χ0n) is 9.23. The van der Waals surface area contributed by atoms with Gasteiger partial charge in [0.15, 0.2) is 0 Å². The summed E-state index contributed by atoms with van der Waals surface area (Å²) in [7, 11) is 0. The molecule has 1 unspecified atom stereocenters. The van der Waals surface area contributed by atoms with Crippen molar-refractivity contribution in [1.82, 2.24) is 4.98 Å². The minimum Gasteiger partial charge on any atom is -0.381 e. The van der Waals surface area contributed by atoms with E-state index in [9.17, 15) is 4.39 Å². The van der Waals surface area contributed by atoms with Crippen LogP contribution in [0.1, 0.15) is 30.9 Å². The molecule has 1 aliphatic heterocycles. The fourth-order valence-corrected chi connectivity index (χ4v) is 2.11. The summed E-state index contributed by atoms with van der Waals surface area (Å²) < 4.78 is 18.3. The molecular formula is C12H17FN2O. The maximum atomic E-state index is 13.0. The molecule has 0 spiro atoms. The fraction of sp³-hybridized carbons (Fsp3) is 0.583. The van der Waals surface area contributed by atoms with Crippen LogP contribution in [0.3, 0.4) is 0 Å². The van der Waals surface area contributed by atoms with Gasteiger partial charge >= 0.3 is 0 Å². The largest absolute Gasteiger partial charge is 0.381 e. The molecule has 1 fully saturated rings. The standard InChI is InChI=1S/C12H17FN2O/c13-11-6-10(7-15-8-11)12(14)5-9-1-3-16-4-2-9/h6-9,12H,1-5,14H2. The van der Waals surface area contributed by atoms with Crippen molar-refractivity contribution in [3.8, 4) is 0 Å². The molecule has 4 heteroatoms. The summed E-state index contributed by atoms with van der Waals surface area (Å²) in [4.78, 5) is 3.82. The zero-order chi connectivity index (χ0) is 11.4. The van der Waals surface area contributed by atoms with Gasteiger partial charge < -0.3 is 10.5 Å². The summed E-state index contributed by atoms with van der Waals surface area (Å²) in [6, 6.07) is 1.35. The van der Waals surface area contributed by atoms with Crippen LogP contribution in [-0.2, 0) is 4.74 Å². The van der Waals surface area contributed by atoms with Crippen molar-refractivity contribution < 1.29 is 9.13 Å². The van der Waals surface area contributed by atoms with Gasteiger partial charge in [-0.3, -0.25) is 4.98 Å². The lowest BCUT2D eigenvalue weighted by molar-refractivity contribution is 0.0618. The highest BCUT2D eigenvalue weighted by Crippen LogP contribution is 2.25. The lowest BCUT2D eigenvalue weighted by atomic mass is 9.90. The van der Waals surface area contributed by atoms with Crippen molar-refractivity contribution in [3.63, 3.8) is 0 Å². The fourth-order valence-electron chi connectivity index (χ4n) is 2.11. The molecule has 0 radical (unpaired) electrons. The Labute approximate surface area is 94.8 Å². The van der Waals surface area contributed by atoms with Crippen molar-refractivity contribution in [1.29, 1.82) is 0 Å². The number of ether oxygens (including phenoxy) is 1. The maximum absolute atomic E-state index is 13.0. The van der Waals surface area contributed by atoms with E-state index in [1.165, 1.54) is 12.3 Å². The summed E-state index contributed by atoms with van der Waals surface area (Å²) in [6.45, 7) is 1.64. The third-order valence-electron chi connectivity index (χ3n) is 3.08. The third kappa shape index (κ3) is 3.00. The first kappa shape index (κ1) is 11.5. The van der Waals surface area contributed by atoms with E-state index in [4.69, 9.17) is 10.5 Å². The molecule has 2 heterocycles. The molecule has 1 aromatic rings. The van der Waals surface area contributed by atoms with E-state index in [2.05, 4.69) is 4.98 Å².